The van der Waals surface area contributed by atoms with E-state index >= 15 is 0 Å². The number of urea groups is 1. The maximum absolute atomic E-state index is 13.0. The molecule has 0 spiro atoms. The van der Waals surface area contributed by atoms with Gasteiger partial charge in [-0.25, -0.2) is 4.79 Å². The van der Waals surface area contributed by atoms with Gasteiger partial charge >= 0.3 is 6.03 Å². The Balaban J connectivity index is 1.66. The Morgan fingerprint density at radius 3 is 2.33 bits per heavy atom. The van der Waals surface area contributed by atoms with Crippen molar-refractivity contribution < 1.29 is 19.1 Å². The van der Waals surface area contributed by atoms with Crippen molar-refractivity contribution in [2.45, 2.75) is 33.1 Å². The number of carbonyl (C=O) groups excluding carboxylic acids is 2. The normalized spacial score (nSPS) is 13.0. The molecule has 8 heteroatoms. The van der Waals surface area contributed by atoms with E-state index in [0.29, 0.717) is 43.3 Å². The summed E-state index contributed by atoms with van der Waals surface area (Å²) in [7, 11) is 0. The number of rotatable bonds is 11. The first-order chi connectivity index (χ1) is 16.1. The Hall–Kier alpha value is -3.26. The molecule has 2 aromatic carbocycles. The first kappa shape index (κ1) is 24.4. The van der Waals surface area contributed by atoms with Crippen LogP contribution in [0.1, 0.15) is 43.5 Å². The van der Waals surface area contributed by atoms with Gasteiger partial charge < -0.3 is 30.3 Å². The zero-order valence-corrected chi connectivity index (χ0v) is 19.5. The summed E-state index contributed by atoms with van der Waals surface area (Å²) in [5.74, 6) is 0.599. The van der Waals surface area contributed by atoms with E-state index in [1.807, 2.05) is 26.0 Å². The van der Waals surface area contributed by atoms with Gasteiger partial charge in [0.15, 0.2) is 0 Å². The van der Waals surface area contributed by atoms with Crippen molar-refractivity contribution in [1.29, 1.82) is 0 Å². The lowest BCUT2D eigenvalue weighted by atomic mass is 10.1. The van der Waals surface area contributed by atoms with Crippen LogP contribution in [-0.2, 0) is 4.74 Å². The fraction of sp³-hybridized carbons (Fsp3) is 0.440. The Kier molecular flexibility index (Phi) is 9.38. The van der Waals surface area contributed by atoms with E-state index in [9.17, 15) is 9.59 Å². The van der Waals surface area contributed by atoms with E-state index in [0.717, 1.165) is 43.8 Å². The van der Waals surface area contributed by atoms with Gasteiger partial charge in [0.1, 0.15) is 5.75 Å². The summed E-state index contributed by atoms with van der Waals surface area (Å²) in [5.41, 5.74) is 2.66. The third-order valence-electron chi connectivity index (χ3n) is 5.32. The van der Waals surface area contributed by atoms with Gasteiger partial charge in [-0.3, -0.25) is 4.79 Å². The number of hydrogen-bond donors (Lipinski definition) is 3. The molecule has 8 nitrogen and oxygen atoms in total. The summed E-state index contributed by atoms with van der Waals surface area (Å²) in [6, 6.07) is 12.3. The second-order valence-electron chi connectivity index (χ2n) is 7.77. The van der Waals surface area contributed by atoms with Crippen LogP contribution in [0, 0.1) is 0 Å². The Morgan fingerprint density at radius 1 is 0.939 bits per heavy atom. The minimum atomic E-state index is -0.379. The highest BCUT2D eigenvalue weighted by molar-refractivity contribution is 6.04. The minimum Gasteiger partial charge on any atom is -0.494 e. The van der Waals surface area contributed by atoms with E-state index in [4.69, 9.17) is 9.47 Å². The Morgan fingerprint density at radius 2 is 1.64 bits per heavy atom. The number of nitrogens with zero attached hydrogens (tertiary/aromatic N) is 1. The molecule has 33 heavy (non-hydrogen) atoms. The summed E-state index contributed by atoms with van der Waals surface area (Å²) < 4.78 is 10.8. The topological polar surface area (TPSA) is 91.9 Å². The molecule has 0 atom stereocenters. The van der Waals surface area contributed by atoms with Crippen molar-refractivity contribution in [3.63, 3.8) is 0 Å². The van der Waals surface area contributed by atoms with Crippen LogP contribution in [0.5, 0.6) is 5.75 Å². The van der Waals surface area contributed by atoms with Gasteiger partial charge in [-0.05, 0) is 75.6 Å². The van der Waals surface area contributed by atoms with Gasteiger partial charge in [-0.1, -0.05) is 0 Å². The highest BCUT2D eigenvalue weighted by Gasteiger charge is 2.20. The van der Waals surface area contributed by atoms with Crippen molar-refractivity contribution in [3.05, 3.63) is 48.0 Å². The molecule has 1 saturated heterocycles. The summed E-state index contributed by atoms with van der Waals surface area (Å²) in [6.45, 7) is 8.13. The van der Waals surface area contributed by atoms with Gasteiger partial charge in [-0.2, -0.15) is 0 Å². The van der Waals surface area contributed by atoms with Crippen LogP contribution in [-0.4, -0.2) is 51.4 Å². The van der Waals surface area contributed by atoms with Crippen LogP contribution in [0.15, 0.2) is 42.5 Å². The summed E-state index contributed by atoms with van der Waals surface area (Å²) in [5, 5.41) is 8.60. The molecule has 0 aliphatic carbocycles. The molecule has 0 bridgehead atoms. The van der Waals surface area contributed by atoms with Gasteiger partial charge in [0.05, 0.1) is 12.2 Å². The lowest BCUT2D eigenvalue weighted by molar-refractivity contribution is 0.0944. The first-order valence-corrected chi connectivity index (χ1v) is 11.7. The largest absolute Gasteiger partial charge is 0.494 e. The molecule has 0 saturated carbocycles. The Labute approximate surface area is 195 Å². The van der Waals surface area contributed by atoms with E-state index in [1.165, 1.54) is 0 Å². The maximum Gasteiger partial charge on any atom is 0.323 e. The molecule has 0 unspecified atom stereocenters. The number of ether oxygens (including phenoxy) is 2. The zero-order valence-electron chi connectivity index (χ0n) is 19.5. The van der Waals surface area contributed by atoms with E-state index in [-0.39, 0.29) is 11.9 Å². The molecular weight excluding hydrogens is 420 g/mol. The lowest BCUT2D eigenvalue weighted by Crippen LogP contribution is -2.29. The van der Waals surface area contributed by atoms with Crippen LogP contribution in [0.25, 0.3) is 0 Å². The molecule has 1 aliphatic rings. The molecule has 1 fully saturated rings. The average Bonchev–Trinajstić information content (AvgIpc) is 3.35. The number of benzene rings is 2. The number of amides is 3. The average molecular weight is 455 g/mol. The summed E-state index contributed by atoms with van der Waals surface area (Å²) in [4.78, 5) is 27.7. The smallest absolute Gasteiger partial charge is 0.323 e. The third-order valence-corrected chi connectivity index (χ3v) is 5.32. The fourth-order valence-electron chi connectivity index (χ4n) is 3.74. The molecule has 3 N–H and O–H groups in total. The number of carbonyl (C=O) groups is 2. The molecule has 2 aromatic rings. The monoisotopic (exact) mass is 454 g/mol. The van der Waals surface area contributed by atoms with Crippen LogP contribution in [0.3, 0.4) is 0 Å². The molecular formula is C25H34N4O4. The zero-order chi connectivity index (χ0) is 23.5. The standard InChI is InChI=1S/C25H34N4O4/c1-3-32-17-7-14-26-24(30)22-18-20(10-13-23(22)29-15-5-6-16-29)28-25(31)27-19-8-11-21(12-9-19)33-4-2/h8-13,18H,3-7,14-17H2,1-2H3,(H,26,30)(H2,27,28,31). The minimum absolute atomic E-state index is 0.149. The van der Waals surface area contributed by atoms with Crippen molar-refractivity contribution >= 4 is 29.0 Å². The van der Waals surface area contributed by atoms with E-state index in [2.05, 4.69) is 20.9 Å². The first-order valence-electron chi connectivity index (χ1n) is 11.7. The maximum atomic E-state index is 13.0. The Bertz CT molecular complexity index is 911. The van der Waals surface area contributed by atoms with E-state index in [1.54, 1.807) is 30.3 Å². The van der Waals surface area contributed by atoms with Crippen molar-refractivity contribution in [3.8, 4) is 5.75 Å². The van der Waals surface area contributed by atoms with Gasteiger partial charge in [0, 0.05) is 49.9 Å². The van der Waals surface area contributed by atoms with Gasteiger partial charge in [-0.15, -0.1) is 0 Å². The molecule has 0 radical (unpaired) electrons. The van der Waals surface area contributed by atoms with Gasteiger partial charge in [0.25, 0.3) is 5.91 Å². The predicted molar refractivity (Wildman–Crippen MR) is 132 cm³/mol. The second kappa shape index (κ2) is 12.7. The third kappa shape index (κ3) is 7.39. The molecule has 1 aliphatic heterocycles. The highest BCUT2D eigenvalue weighted by atomic mass is 16.5. The highest BCUT2D eigenvalue weighted by Crippen LogP contribution is 2.28. The van der Waals surface area contributed by atoms with Crippen molar-refractivity contribution in [2.24, 2.45) is 0 Å². The molecule has 3 amide bonds. The lowest BCUT2D eigenvalue weighted by Gasteiger charge is -2.22. The number of nitrogens with one attached hydrogen (secondary N) is 3. The molecule has 178 valence electrons. The van der Waals surface area contributed by atoms with Crippen molar-refractivity contribution in [1.82, 2.24) is 5.32 Å². The molecule has 0 aromatic heterocycles. The van der Waals surface area contributed by atoms with Crippen molar-refractivity contribution in [2.75, 3.05) is 55.0 Å². The van der Waals surface area contributed by atoms with Gasteiger partial charge in [0.2, 0.25) is 0 Å². The predicted octanol–water partition coefficient (Wildman–Crippen LogP) is 4.49. The summed E-state index contributed by atoms with van der Waals surface area (Å²) in [6.07, 6.45) is 2.97. The van der Waals surface area contributed by atoms with Crippen LogP contribution < -0.4 is 25.6 Å². The molecule has 1 heterocycles. The quantitative estimate of drug-likeness (QED) is 0.435. The molecule has 3 rings (SSSR count). The van der Waals surface area contributed by atoms with Crippen LogP contribution in [0.4, 0.5) is 21.9 Å². The SMILES string of the molecule is CCOCCCNC(=O)c1cc(NC(=O)Nc2ccc(OCC)cc2)ccc1N1CCCC1. The fourth-order valence-corrected chi connectivity index (χ4v) is 3.74. The van der Waals surface area contributed by atoms with Crippen LogP contribution in [0.2, 0.25) is 0 Å². The van der Waals surface area contributed by atoms with E-state index < -0.39 is 0 Å². The second-order valence-corrected chi connectivity index (χ2v) is 7.77. The summed E-state index contributed by atoms with van der Waals surface area (Å²) >= 11 is 0. The van der Waals surface area contributed by atoms with Crippen LogP contribution >= 0.6 is 0 Å². The number of hydrogen-bond acceptors (Lipinski definition) is 5. The number of anilines is 3.